The third-order valence-corrected chi connectivity index (χ3v) is 10.2. The number of anilines is 1. The summed E-state index contributed by atoms with van der Waals surface area (Å²) in [5, 5.41) is 15.5. The highest BCUT2D eigenvalue weighted by Gasteiger charge is 2.51. The maximum absolute atomic E-state index is 14.4. The Morgan fingerprint density at radius 3 is 2.47 bits per heavy atom. The topological polar surface area (TPSA) is 103 Å². The first-order chi connectivity index (χ1) is 21.5. The molecule has 0 atom stereocenters. The van der Waals surface area contributed by atoms with Crippen LogP contribution in [0, 0.1) is 0 Å². The molecule has 0 saturated heterocycles. The highest BCUT2D eigenvalue weighted by molar-refractivity contribution is 5.58. The van der Waals surface area contributed by atoms with E-state index in [0.29, 0.717) is 24.2 Å². The number of aryl methyl sites for hydroxylation is 1. The molecule has 3 fully saturated rings. The number of halogens is 3. The van der Waals surface area contributed by atoms with E-state index in [1.165, 1.54) is 17.0 Å². The van der Waals surface area contributed by atoms with Gasteiger partial charge in [0.2, 0.25) is 0 Å². The minimum atomic E-state index is -4.65. The van der Waals surface area contributed by atoms with Crippen LogP contribution >= 0.6 is 0 Å². The molecule has 13 heteroatoms. The molecule has 45 heavy (non-hydrogen) atoms. The van der Waals surface area contributed by atoms with Gasteiger partial charge in [0.25, 0.3) is 0 Å². The maximum atomic E-state index is 14.4. The predicted molar refractivity (Wildman–Crippen MR) is 163 cm³/mol. The summed E-state index contributed by atoms with van der Waals surface area (Å²) >= 11 is 0. The minimum Gasteiger partial charge on any atom is -0.381 e. The van der Waals surface area contributed by atoms with Gasteiger partial charge in [-0.05, 0) is 81.2 Å². The zero-order valence-electron chi connectivity index (χ0n) is 25.8. The van der Waals surface area contributed by atoms with E-state index in [1.807, 2.05) is 17.7 Å². The number of hydrogen-bond donors (Lipinski definition) is 2. The van der Waals surface area contributed by atoms with Crippen molar-refractivity contribution in [3.05, 3.63) is 69.9 Å². The number of rotatable bonds is 9. The number of methoxy groups -OCH3 is 1. The van der Waals surface area contributed by atoms with Crippen LogP contribution in [0.3, 0.4) is 0 Å². The molecule has 0 amide bonds. The van der Waals surface area contributed by atoms with Crippen LogP contribution < -0.4 is 16.3 Å². The van der Waals surface area contributed by atoms with Crippen molar-refractivity contribution in [2.75, 3.05) is 12.4 Å². The molecule has 0 radical (unpaired) electrons. The zero-order chi connectivity index (χ0) is 31.6. The molecule has 4 heterocycles. The molecule has 3 aliphatic rings. The fourth-order valence-electron chi connectivity index (χ4n) is 7.35. The Hall–Kier alpha value is -3.71. The van der Waals surface area contributed by atoms with Crippen LogP contribution in [0.2, 0.25) is 0 Å². The van der Waals surface area contributed by atoms with Gasteiger partial charge in [-0.25, -0.2) is 9.78 Å². The van der Waals surface area contributed by atoms with Crippen LogP contribution in [0.1, 0.15) is 87.2 Å². The second-order valence-corrected chi connectivity index (χ2v) is 13.4. The van der Waals surface area contributed by atoms with E-state index >= 15 is 0 Å². The fraction of sp³-hybridized carbons (Fsp3) is 0.562. The number of ether oxygens (including phenoxy) is 1. The minimum absolute atomic E-state index is 0.00733. The molecule has 0 aromatic carbocycles. The standard InChI is InChI=1S/C32H39F3N8O2/c1-30(9-6-10-30)36-16-20-11-24(32(33,34)35)25-18-43(29(44)42(25)17-20)27-13-21(12-26(39-27)38-22-7-4-5-8-22)31(14-23(15-31)45-3)28-40-37-19-41(28)2/h11-13,17-19,22-23,36H,4-10,14-16H2,1-3H3,(H,38,39). The molecule has 10 nitrogen and oxygen atoms in total. The van der Waals surface area contributed by atoms with Gasteiger partial charge in [0.15, 0.2) is 0 Å². The molecule has 0 aliphatic heterocycles. The maximum Gasteiger partial charge on any atom is 0.418 e. The third kappa shape index (κ3) is 5.33. The average molecular weight is 625 g/mol. The summed E-state index contributed by atoms with van der Waals surface area (Å²) in [5.41, 5.74) is -1.08. The van der Waals surface area contributed by atoms with Gasteiger partial charge >= 0.3 is 11.9 Å². The smallest absolute Gasteiger partial charge is 0.381 e. The van der Waals surface area contributed by atoms with Crippen molar-refractivity contribution in [3.63, 3.8) is 0 Å². The van der Waals surface area contributed by atoms with Crippen LogP contribution in [0.5, 0.6) is 0 Å². The average Bonchev–Trinajstić information content (AvgIpc) is 3.71. The molecular formula is C32H39F3N8O2. The molecule has 0 bridgehead atoms. The Bertz CT molecular complexity index is 1770. The van der Waals surface area contributed by atoms with Gasteiger partial charge in [-0.3, -0.25) is 8.97 Å². The second-order valence-electron chi connectivity index (χ2n) is 13.4. The van der Waals surface area contributed by atoms with Crippen molar-refractivity contribution in [1.82, 2.24) is 34.0 Å². The first kappa shape index (κ1) is 30.0. The van der Waals surface area contributed by atoms with Gasteiger partial charge in [0, 0.05) is 44.7 Å². The van der Waals surface area contributed by atoms with E-state index in [9.17, 15) is 18.0 Å². The normalized spacial score (nSPS) is 23.3. The van der Waals surface area contributed by atoms with E-state index in [-0.39, 0.29) is 35.6 Å². The summed E-state index contributed by atoms with van der Waals surface area (Å²) in [5.74, 6) is 1.58. The molecule has 0 spiro atoms. The first-order valence-electron chi connectivity index (χ1n) is 15.7. The quantitative estimate of drug-likeness (QED) is 0.267. The number of fused-ring (bicyclic) bond motifs is 1. The fourth-order valence-corrected chi connectivity index (χ4v) is 7.35. The number of alkyl halides is 3. The lowest BCUT2D eigenvalue weighted by Gasteiger charge is -2.46. The summed E-state index contributed by atoms with van der Waals surface area (Å²) in [6, 6.07) is 5.16. The molecule has 240 valence electrons. The van der Waals surface area contributed by atoms with E-state index in [0.717, 1.165) is 66.8 Å². The number of nitrogens with zero attached hydrogens (tertiary/aromatic N) is 6. The van der Waals surface area contributed by atoms with Gasteiger partial charge in [-0.15, -0.1) is 10.2 Å². The third-order valence-electron chi connectivity index (χ3n) is 10.2. The number of aromatic nitrogens is 6. The monoisotopic (exact) mass is 624 g/mol. The molecule has 7 rings (SSSR count). The Morgan fingerprint density at radius 1 is 1.09 bits per heavy atom. The first-order valence-corrected chi connectivity index (χ1v) is 15.7. The Kier molecular flexibility index (Phi) is 7.31. The molecule has 0 unspecified atom stereocenters. The zero-order valence-corrected chi connectivity index (χ0v) is 25.8. The lowest BCUT2D eigenvalue weighted by molar-refractivity contribution is -0.136. The summed E-state index contributed by atoms with van der Waals surface area (Å²) in [4.78, 5) is 18.8. The van der Waals surface area contributed by atoms with Gasteiger partial charge in [-0.2, -0.15) is 13.2 Å². The van der Waals surface area contributed by atoms with Crippen LogP contribution in [0.25, 0.3) is 11.3 Å². The van der Waals surface area contributed by atoms with E-state index < -0.39 is 22.8 Å². The second kappa shape index (κ2) is 11.0. The Labute approximate surface area is 259 Å². The molecule has 3 aliphatic carbocycles. The largest absolute Gasteiger partial charge is 0.418 e. The lowest BCUT2D eigenvalue weighted by Crippen LogP contribution is -2.48. The highest BCUT2D eigenvalue weighted by Crippen LogP contribution is 2.50. The molecule has 3 saturated carbocycles. The summed E-state index contributed by atoms with van der Waals surface area (Å²) < 4.78 is 53.1. The van der Waals surface area contributed by atoms with E-state index in [2.05, 4.69) is 27.8 Å². The molecule has 2 N–H and O–H groups in total. The highest BCUT2D eigenvalue weighted by atomic mass is 19.4. The van der Waals surface area contributed by atoms with Crippen molar-refractivity contribution in [2.45, 2.75) is 101 Å². The number of imidazole rings is 1. The Morgan fingerprint density at radius 2 is 1.84 bits per heavy atom. The van der Waals surface area contributed by atoms with Crippen LogP contribution in [0.15, 0.2) is 41.7 Å². The van der Waals surface area contributed by atoms with Gasteiger partial charge in [0.05, 0.1) is 22.6 Å². The molecular weight excluding hydrogens is 585 g/mol. The predicted octanol–water partition coefficient (Wildman–Crippen LogP) is 5.11. The summed E-state index contributed by atoms with van der Waals surface area (Å²) in [6.07, 6.45) is 8.32. The lowest BCUT2D eigenvalue weighted by atomic mass is 9.62. The van der Waals surface area contributed by atoms with Crippen molar-refractivity contribution < 1.29 is 17.9 Å². The van der Waals surface area contributed by atoms with Crippen LogP contribution in [0.4, 0.5) is 19.0 Å². The Balaban J connectivity index is 1.36. The van der Waals surface area contributed by atoms with E-state index in [4.69, 9.17) is 9.72 Å². The van der Waals surface area contributed by atoms with Crippen molar-refractivity contribution >= 4 is 11.3 Å². The van der Waals surface area contributed by atoms with Gasteiger partial charge < -0.3 is 19.9 Å². The van der Waals surface area contributed by atoms with Crippen molar-refractivity contribution in [2.24, 2.45) is 7.05 Å². The van der Waals surface area contributed by atoms with Crippen molar-refractivity contribution in [1.29, 1.82) is 0 Å². The summed E-state index contributed by atoms with van der Waals surface area (Å²) in [6.45, 7) is 2.31. The molecule has 4 aromatic heterocycles. The summed E-state index contributed by atoms with van der Waals surface area (Å²) in [7, 11) is 3.57. The number of hydrogen-bond acceptors (Lipinski definition) is 7. The van der Waals surface area contributed by atoms with Gasteiger partial charge in [-0.1, -0.05) is 12.8 Å². The SMILES string of the molecule is COC1CC(c2cc(NC3CCCC3)nc(-n3cc4c(C(F)(F)F)cc(CNC5(C)CCC5)cn4c3=O)c2)(c2nncn2C)C1. The number of pyridine rings is 2. The molecule has 4 aromatic rings. The number of nitrogens with one attached hydrogen (secondary N) is 2. The van der Waals surface area contributed by atoms with Crippen LogP contribution in [-0.2, 0) is 29.9 Å². The van der Waals surface area contributed by atoms with Crippen LogP contribution in [-0.4, -0.2) is 53.5 Å². The van der Waals surface area contributed by atoms with Gasteiger partial charge in [0.1, 0.15) is 23.8 Å². The van der Waals surface area contributed by atoms with E-state index in [1.54, 1.807) is 19.5 Å². The van der Waals surface area contributed by atoms with Crippen molar-refractivity contribution in [3.8, 4) is 5.82 Å².